The first-order chi connectivity index (χ1) is 15.7. The van der Waals surface area contributed by atoms with Gasteiger partial charge >= 0.3 is 0 Å². The second-order valence-electron chi connectivity index (χ2n) is 7.49. The number of thiophene rings is 1. The van der Waals surface area contributed by atoms with Crippen LogP contribution < -0.4 is 10.6 Å². The number of hydrogen-bond acceptors (Lipinski definition) is 5. The van der Waals surface area contributed by atoms with E-state index in [-0.39, 0.29) is 18.4 Å². The van der Waals surface area contributed by atoms with Crippen LogP contribution in [0.15, 0.2) is 66.3 Å². The van der Waals surface area contributed by atoms with Gasteiger partial charge in [-0.15, -0.1) is 11.3 Å². The average Bonchev–Trinajstić information content (AvgIpc) is 3.47. The molecule has 0 fully saturated rings. The molecule has 1 aliphatic carbocycles. The minimum Gasteiger partial charge on any atom is -0.343 e. The molecule has 158 valence electrons. The molecule has 2 N–H and O–H groups in total. The van der Waals surface area contributed by atoms with Crippen LogP contribution in [-0.2, 0) is 11.2 Å². The zero-order valence-electron chi connectivity index (χ0n) is 17.2. The van der Waals surface area contributed by atoms with Gasteiger partial charge in [-0.3, -0.25) is 14.6 Å². The van der Waals surface area contributed by atoms with E-state index in [0.29, 0.717) is 11.3 Å². The molecule has 0 unspecified atom stereocenters. The van der Waals surface area contributed by atoms with Crippen molar-refractivity contribution in [3.8, 4) is 0 Å². The van der Waals surface area contributed by atoms with Gasteiger partial charge in [-0.25, -0.2) is 4.98 Å². The van der Waals surface area contributed by atoms with Gasteiger partial charge in [0.1, 0.15) is 0 Å². The van der Waals surface area contributed by atoms with Gasteiger partial charge in [0.15, 0.2) is 0 Å². The molecule has 0 radical (unpaired) electrons. The van der Waals surface area contributed by atoms with Crippen LogP contribution in [0.2, 0.25) is 0 Å². The van der Waals surface area contributed by atoms with Gasteiger partial charge in [0.2, 0.25) is 5.91 Å². The number of allylic oxidation sites excluding steroid dienone is 1. The smallest absolute Gasteiger partial charge is 0.252 e. The number of hydrogen-bond donors (Lipinski definition) is 2. The van der Waals surface area contributed by atoms with Crippen LogP contribution in [0.25, 0.3) is 22.6 Å². The molecule has 3 aromatic heterocycles. The summed E-state index contributed by atoms with van der Waals surface area (Å²) in [6.45, 7) is -0.128. The Morgan fingerprint density at radius 3 is 2.78 bits per heavy atom. The van der Waals surface area contributed by atoms with Crippen LogP contribution in [0.5, 0.6) is 0 Å². The molecule has 6 nitrogen and oxygen atoms in total. The lowest BCUT2D eigenvalue weighted by atomic mass is 10.00. The highest BCUT2D eigenvalue weighted by Gasteiger charge is 2.27. The SMILES string of the molecule is O=C(CNC(=O)c1c2c(nc3ccccc13)/C(=C/c1cccs1)CC2)Nc1cccnc1. The Kier molecular flexibility index (Phi) is 5.47. The first-order valence-corrected chi connectivity index (χ1v) is 11.2. The molecule has 0 bridgehead atoms. The highest BCUT2D eigenvalue weighted by Crippen LogP contribution is 2.37. The summed E-state index contributed by atoms with van der Waals surface area (Å²) >= 11 is 1.68. The Bertz CT molecular complexity index is 1330. The molecule has 0 atom stereocenters. The van der Waals surface area contributed by atoms with Gasteiger partial charge in [-0.05, 0) is 59.7 Å². The molecule has 3 heterocycles. The lowest BCUT2D eigenvalue weighted by molar-refractivity contribution is -0.115. The lowest BCUT2D eigenvalue weighted by Gasteiger charge is -2.13. The number of fused-ring (bicyclic) bond motifs is 2. The summed E-state index contributed by atoms with van der Waals surface area (Å²) in [5.41, 5.74) is 4.92. The van der Waals surface area contributed by atoms with E-state index >= 15 is 0 Å². The summed E-state index contributed by atoms with van der Waals surface area (Å²) in [6.07, 6.45) is 6.92. The van der Waals surface area contributed by atoms with Crippen LogP contribution >= 0.6 is 11.3 Å². The molecule has 2 amide bonds. The number of nitrogens with one attached hydrogen (secondary N) is 2. The minimum absolute atomic E-state index is 0.128. The molecule has 0 spiro atoms. The summed E-state index contributed by atoms with van der Waals surface area (Å²) < 4.78 is 0. The third-order valence-electron chi connectivity index (χ3n) is 5.38. The third kappa shape index (κ3) is 4.02. The van der Waals surface area contributed by atoms with E-state index in [4.69, 9.17) is 4.98 Å². The van der Waals surface area contributed by atoms with E-state index in [2.05, 4.69) is 27.8 Å². The second-order valence-corrected chi connectivity index (χ2v) is 8.47. The fourth-order valence-corrected chi connectivity index (χ4v) is 4.66. The van der Waals surface area contributed by atoms with Gasteiger partial charge in [0.25, 0.3) is 5.91 Å². The monoisotopic (exact) mass is 440 g/mol. The standard InChI is InChI=1S/C25H20N4O2S/c30-22(28-17-5-3-11-26-14-17)15-27-25(31)23-19-7-1-2-8-21(19)29-24-16(9-10-20(23)24)13-18-6-4-12-32-18/h1-8,11-14H,9-10,15H2,(H,27,31)(H,28,30)/b16-13+. The van der Waals surface area contributed by atoms with E-state index in [9.17, 15) is 9.59 Å². The Balaban J connectivity index is 1.44. The van der Waals surface area contributed by atoms with Crippen LogP contribution in [0, 0.1) is 0 Å². The number of benzene rings is 1. The third-order valence-corrected chi connectivity index (χ3v) is 6.20. The maximum absolute atomic E-state index is 13.3. The number of nitrogens with zero attached hydrogens (tertiary/aromatic N) is 2. The maximum Gasteiger partial charge on any atom is 0.252 e. The van der Waals surface area contributed by atoms with E-state index in [1.165, 1.54) is 4.88 Å². The number of anilines is 1. The molecule has 1 aliphatic rings. The number of para-hydroxylation sites is 1. The Morgan fingerprint density at radius 1 is 1.06 bits per heavy atom. The van der Waals surface area contributed by atoms with Crippen LogP contribution in [-0.4, -0.2) is 28.3 Å². The fourth-order valence-electron chi connectivity index (χ4n) is 3.97. The Morgan fingerprint density at radius 2 is 1.97 bits per heavy atom. The number of rotatable bonds is 5. The topological polar surface area (TPSA) is 84.0 Å². The van der Waals surface area contributed by atoms with Crippen LogP contribution in [0.1, 0.15) is 32.9 Å². The van der Waals surface area contributed by atoms with E-state index in [1.807, 2.05) is 35.7 Å². The van der Waals surface area contributed by atoms with Crippen LogP contribution in [0.3, 0.4) is 0 Å². The van der Waals surface area contributed by atoms with Crippen molar-refractivity contribution < 1.29 is 9.59 Å². The molecule has 7 heteroatoms. The summed E-state index contributed by atoms with van der Waals surface area (Å²) in [5.74, 6) is -0.571. The highest BCUT2D eigenvalue weighted by atomic mass is 32.1. The number of aromatic nitrogens is 2. The largest absolute Gasteiger partial charge is 0.343 e. The zero-order valence-corrected chi connectivity index (χ0v) is 18.0. The first kappa shape index (κ1) is 20.1. The zero-order chi connectivity index (χ0) is 21.9. The molecule has 32 heavy (non-hydrogen) atoms. The summed E-state index contributed by atoms with van der Waals surface area (Å²) in [7, 11) is 0. The molecular weight excluding hydrogens is 420 g/mol. The molecule has 1 aromatic carbocycles. The molecular formula is C25H20N4O2S. The number of pyridine rings is 2. The van der Waals surface area contributed by atoms with Gasteiger partial charge < -0.3 is 10.6 Å². The van der Waals surface area contributed by atoms with E-state index in [0.717, 1.165) is 40.6 Å². The number of carbonyl (C=O) groups is 2. The lowest BCUT2D eigenvalue weighted by Crippen LogP contribution is -2.33. The Labute approximate surface area is 189 Å². The van der Waals surface area contributed by atoms with Crippen molar-refractivity contribution in [1.29, 1.82) is 0 Å². The number of carbonyl (C=O) groups excluding carboxylic acids is 2. The van der Waals surface area contributed by atoms with Crippen molar-refractivity contribution in [2.75, 3.05) is 11.9 Å². The fraction of sp³-hybridized carbons (Fsp3) is 0.120. The second kappa shape index (κ2) is 8.72. The maximum atomic E-state index is 13.3. The van der Waals surface area contributed by atoms with Gasteiger partial charge in [-0.1, -0.05) is 24.3 Å². The quantitative estimate of drug-likeness (QED) is 0.477. The van der Waals surface area contributed by atoms with Crippen molar-refractivity contribution in [2.45, 2.75) is 12.8 Å². The van der Waals surface area contributed by atoms with E-state index in [1.54, 1.807) is 35.9 Å². The van der Waals surface area contributed by atoms with E-state index < -0.39 is 0 Å². The summed E-state index contributed by atoms with van der Waals surface area (Å²) in [6, 6.07) is 15.2. The first-order valence-electron chi connectivity index (χ1n) is 10.3. The van der Waals surface area contributed by atoms with Crippen molar-refractivity contribution in [3.63, 3.8) is 0 Å². The summed E-state index contributed by atoms with van der Waals surface area (Å²) in [4.78, 5) is 35.6. The van der Waals surface area contributed by atoms with Crippen molar-refractivity contribution in [2.24, 2.45) is 0 Å². The molecule has 4 aromatic rings. The normalized spacial score (nSPS) is 13.8. The minimum atomic E-state index is -0.306. The molecule has 0 saturated heterocycles. The van der Waals surface area contributed by atoms with Crippen molar-refractivity contribution in [3.05, 3.63) is 88.0 Å². The Hall–Kier alpha value is -3.84. The predicted octanol–water partition coefficient (Wildman–Crippen LogP) is 4.55. The molecule has 0 aliphatic heterocycles. The van der Waals surface area contributed by atoms with Crippen LogP contribution in [0.4, 0.5) is 5.69 Å². The molecule has 5 rings (SSSR count). The van der Waals surface area contributed by atoms with Gasteiger partial charge in [0.05, 0.1) is 35.2 Å². The predicted molar refractivity (Wildman–Crippen MR) is 127 cm³/mol. The number of amides is 2. The molecule has 0 saturated carbocycles. The van der Waals surface area contributed by atoms with Crippen molar-refractivity contribution >= 4 is 51.4 Å². The average molecular weight is 441 g/mol. The highest BCUT2D eigenvalue weighted by molar-refractivity contribution is 7.10. The summed E-state index contributed by atoms with van der Waals surface area (Å²) in [5, 5.41) is 8.37. The van der Waals surface area contributed by atoms with Crippen molar-refractivity contribution in [1.82, 2.24) is 15.3 Å². The van der Waals surface area contributed by atoms with Gasteiger partial charge in [-0.2, -0.15) is 0 Å². The van der Waals surface area contributed by atoms with Gasteiger partial charge in [0, 0.05) is 16.5 Å².